The molecule has 0 radical (unpaired) electrons. The number of hydrogen-bond donors (Lipinski definition) is 0. The van der Waals surface area contributed by atoms with Crippen molar-refractivity contribution in [3.05, 3.63) is 90.5 Å². The summed E-state index contributed by atoms with van der Waals surface area (Å²) >= 11 is 0. The zero-order valence-electron chi connectivity index (χ0n) is 12.4. The van der Waals surface area contributed by atoms with E-state index in [-0.39, 0.29) is 11.6 Å². The van der Waals surface area contributed by atoms with Gasteiger partial charge < -0.3 is 13.6 Å². The number of hydrogen-bond acceptors (Lipinski definition) is 3. The van der Waals surface area contributed by atoms with Gasteiger partial charge in [-0.1, -0.05) is 18.2 Å². The molecule has 0 spiro atoms. The topological polar surface area (TPSA) is 27.7 Å². The molecule has 3 rings (SSSR count). The molecule has 24 heavy (non-hydrogen) atoms. The molecule has 0 amide bonds. The van der Waals surface area contributed by atoms with E-state index in [9.17, 15) is 8.78 Å². The van der Waals surface area contributed by atoms with E-state index in [0.717, 1.165) is 0 Å². The van der Waals surface area contributed by atoms with E-state index in [2.05, 4.69) is 0 Å². The molecule has 3 aromatic rings. The molecular weight excluding hydrogens is 333 g/mol. The number of rotatable bonds is 6. The molecule has 0 aromatic heterocycles. The third kappa shape index (κ3) is 4.67. The third-order valence-corrected chi connectivity index (χ3v) is 3.99. The fraction of sp³-hybridized carbons (Fsp3) is 0. The van der Waals surface area contributed by atoms with Crippen LogP contribution in [-0.2, 0) is 0 Å². The first-order chi connectivity index (χ1) is 11.7. The molecule has 3 nitrogen and oxygen atoms in total. The summed E-state index contributed by atoms with van der Waals surface area (Å²) in [5, 5.41) is 0. The minimum absolute atomic E-state index is 0.366. The largest absolute Gasteiger partial charge is 0.530 e. The van der Waals surface area contributed by atoms with E-state index >= 15 is 0 Å². The van der Waals surface area contributed by atoms with Gasteiger partial charge in [0.05, 0.1) is 0 Å². The molecule has 0 aliphatic carbocycles. The molecule has 3 aromatic carbocycles. The van der Waals surface area contributed by atoms with Gasteiger partial charge >= 0.3 is 8.60 Å². The van der Waals surface area contributed by atoms with Crippen molar-refractivity contribution < 1.29 is 22.4 Å². The Morgan fingerprint density at radius 2 is 0.875 bits per heavy atom. The molecule has 0 aliphatic heterocycles. The highest BCUT2D eigenvalue weighted by molar-refractivity contribution is 7.43. The summed E-state index contributed by atoms with van der Waals surface area (Å²) in [7, 11) is -1.85. The molecule has 0 aliphatic rings. The summed E-state index contributed by atoms with van der Waals surface area (Å²) in [5.41, 5.74) is 0. The summed E-state index contributed by atoms with van der Waals surface area (Å²) < 4.78 is 43.1. The molecule has 0 N–H and O–H groups in total. The Balaban J connectivity index is 1.76. The van der Waals surface area contributed by atoms with Crippen LogP contribution in [0, 0.1) is 11.6 Å². The average Bonchev–Trinajstić information content (AvgIpc) is 2.60. The second-order valence-electron chi connectivity index (χ2n) is 4.72. The first-order valence-corrected chi connectivity index (χ1v) is 8.19. The van der Waals surface area contributed by atoms with Crippen LogP contribution in [0.25, 0.3) is 0 Å². The summed E-state index contributed by atoms with van der Waals surface area (Å²) in [6, 6.07) is 20.1. The second-order valence-corrected chi connectivity index (χ2v) is 5.71. The van der Waals surface area contributed by atoms with Gasteiger partial charge in [0, 0.05) is 0 Å². The Labute approximate surface area is 139 Å². The lowest BCUT2D eigenvalue weighted by atomic mass is 10.3. The first kappa shape index (κ1) is 16.2. The number of para-hydroxylation sites is 1. The molecule has 122 valence electrons. The summed E-state index contributed by atoms with van der Waals surface area (Å²) in [4.78, 5) is 0. The van der Waals surface area contributed by atoms with Gasteiger partial charge in [0.1, 0.15) is 28.9 Å². The van der Waals surface area contributed by atoms with Gasteiger partial charge in [-0.05, 0) is 60.7 Å². The van der Waals surface area contributed by atoms with Gasteiger partial charge in [0.2, 0.25) is 0 Å². The van der Waals surface area contributed by atoms with E-state index in [4.69, 9.17) is 13.6 Å². The molecule has 0 saturated carbocycles. The molecule has 6 heteroatoms. The van der Waals surface area contributed by atoms with Crippen molar-refractivity contribution in [2.75, 3.05) is 0 Å². The third-order valence-electron chi connectivity index (χ3n) is 2.91. The fourth-order valence-corrected chi connectivity index (χ4v) is 2.78. The van der Waals surface area contributed by atoms with Crippen LogP contribution < -0.4 is 13.6 Å². The monoisotopic (exact) mass is 346 g/mol. The maximum absolute atomic E-state index is 13.0. The van der Waals surface area contributed by atoms with Gasteiger partial charge in [0.25, 0.3) is 0 Å². The van der Waals surface area contributed by atoms with Crippen LogP contribution >= 0.6 is 8.60 Å². The minimum atomic E-state index is -1.85. The van der Waals surface area contributed by atoms with E-state index < -0.39 is 8.60 Å². The Kier molecular flexibility index (Phi) is 5.24. The van der Waals surface area contributed by atoms with Crippen LogP contribution in [0.5, 0.6) is 17.2 Å². The van der Waals surface area contributed by atoms with Crippen molar-refractivity contribution in [1.82, 2.24) is 0 Å². The van der Waals surface area contributed by atoms with Gasteiger partial charge in [-0.25, -0.2) is 8.78 Å². The Hall–Kier alpha value is -2.65. The second kappa shape index (κ2) is 7.75. The summed E-state index contributed by atoms with van der Waals surface area (Å²) in [5.74, 6) is 0.638. The van der Waals surface area contributed by atoms with Gasteiger partial charge in [0.15, 0.2) is 0 Å². The smallest absolute Gasteiger partial charge is 0.409 e. The maximum Gasteiger partial charge on any atom is 0.530 e. The maximum atomic E-state index is 13.0. The average molecular weight is 346 g/mol. The molecular formula is C18H13F2O3P. The Morgan fingerprint density at radius 3 is 1.29 bits per heavy atom. The predicted octanol–water partition coefficient (Wildman–Crippen LogP) is 5.73. The van der Waals surface area contributed by atoms with Gasteiger partial charge in [-0.3, -0.25) is 0 Å². The molecule has 0 bridgehead atoms. The highest BCUT2D eigenvalue weighted by Gasteiger charge is 2.19. The SMILES string of the molecule is Fc1ccc(OP(Oc2ccccc2)Oc2ccc(F)cc2)cc1. The van der Waals surface area contributed by atoms with Crippen molar-refractivity contribution in [2.24, 2.45) is 0 Å². The lowest BCUT2D eigenvalue weighted by molar-refractivity contribution is 0.387. The van der Waals surface area contributed by atoms with Crippen molar-refractivity contribution >= 4 is 8.60 Å². The van der Waals surface area contributed by atoms with Crippen LogP contribution in [-0.4, -0.2) is 0 Å². The lowest BCUT2D eigenvalue weighted by Gasteiger charge is -2.17. The molecule has 0 atom stereocenters. The molecule has 0 saturated heterocycles. The van der Waals surface area contributed by atoms with Crippen LogP contribution in [0.1, 0.15) is 0 Å². The number of benzene rings is 3. The van der Waals surface area contributed by atoms with Crippen LogP contribution in [0.3, 0.4) is 0 Å². The lowest BCUT2D eigenvalue weighted by Crippen LogP contribution is -2.02. The quantitative estimate of drug-likeness (QED) is 0.534. The highest BCUT2D eigenvalue weighted by atomic mass is 31.2. The van der Waals surface area contributed by atoms with Gasteiger partial charge in [-0.15, -0.1) is 0 Å². The van der Waals surface area contributed by atoms with Crippen LogP contribution in [0.4, 0.5) is 8.78 Å². The van der Waals surface area contributed by atoms with Gasteiger partial charge in [-0.2, -0.15) is 0 Å². The standard InChI is InChI=1S/C18H13F2O3P/c19-14-6-10-17(11-7-14)22-24(21-16-4-2-1-3-5-16)23-18-12-8-15(20)9-13-18/h1-13H. The van der Waals surface area contributed by atoms with E-state index in [1.54, 1.807) is 12.1 Å². The van der Waals surface area contributed by atoms with Crippen molar-refractivity contribution in [2.45, 2.75) is 0 Å². The molecule has 0 heterocycles. The molecule has 0 unspecified atom stereocenters. The molecule has 0 fully saturated rings. The minimum Gasteiger partial charge on any atom is -0.409 e. The van der Waals surface area contributed by atoms with Crippen LogP contribution in [0.15, 0.2) is 78.9 Å². The zero-order chi connectivity index (χ0) is 16.8. The van der Waals surface area contributed by atoms with Crippen LogP contribution in [0.2, 0.25) is 0 Å². The van der Waals surface area contributed by atoms with Crippen molar-refractivity contribution in [1.29, 1.82) is 0 Å². The Morgan fingerprint density at radius 1 is 0.500 bits per heavy atom. The predicted molar refractivity (Wildman–Crippen MR) is 88.0 cm³/mol. The zero-order valence-corrected chi connectivity index (χ0v) is 13.3. The summed E-state index contributed by atoms with van der Waals surface area (Å²) in [6.07, 6.45) is 0. The van der Waals surface area contributed by atoms with Crippen molar-refractivity contribution in [3.8, 4) is 17.2 Å². The van der Waals surface area contributed by atoms with E-state index in [0.29, 0.717) is 17.2 Å². The van der Waals surface area contributed by atoms with E-state index in [1.807, 2.05) is 18.2 Å². The highest BCUT2D eigenvalue weighted by Crippen LogP contribution is 2.42. The normalized spacial score (nSPS) is 10.5. The number of halogens is 2. The van der Waals surface area contributed by atoms with Crippen molar-refractivity contribution in [3.63, 3.8) is 0 Å². The fourth-order valence-electron chi connectivity index (χ4n) is 1.79. The Bertz CT molecular complexity index is 717. The first-order valence-electron chi connectivity index (χ1n) is 7.09. The summed E-state index contributed by atoms with van der Waals surface area (Å²) in [6.45, 7) is 0. The van der Waals surface area contributed by atoms with E-state index in [1.165, 1.54) is 48.5 Å².